The number of likely N-dealkylation sites (N-methyl/N-ethyl adjacent to an activating group) is 1. The van der Waals surface area contributed by atoms with Crippen molar-refractivity contribution in [2.24, 2.45) is 0 Å². The summed E-state index contributed by atoms with van der Waals surface area (Å²) >= 11 is 0. The van der Waals surface area contributed by atoms with E-state index in [1.165, 1.54) is 64.8 Å². The molecule has 0 unspecified atom stereocenters. The fourth-order valence-corrected chi connectivity index (χ4v) is 2.29. The number of hydrogen-bond acceptors (Lipinski definition) is 3. The third-order valence-corrected chi connectivity index (χ3v) is 3.46. The van der Waals surface area contributed by atoms with E-state index in [9.17, 15) is 0 Å². The molecule has 1 saturated heterocycles. The van der Waals surface area contributed by atoms with Crippen molar-refractivity contribution in [2.45, 2.75) is 32.1 Å². The molecule has 0 aromatic carbocycles. The molecule has 1 aliphatic heterocycles. The number of rotatable bonds is 9. The van der Waals surface area contributed by atoms with Gasteiger partial charge in [-0.15, -0.1) is 0 Å². The zero-order chi connectivity index (χ0) is 11.6. The van der Waals surface area contributed by atoms with E-state index in [4.69, 9.17) is 0 Å². The molecule has 0 saturated carbocycles. The van der Waals surface area contributed by atoms with Gasteiger partial charge in [-0.25, -0.2) is 0 Å². The number of hydrogen-bond donors (Lipinski definition) is 1. The topological polar surface area (TPSA) is 18.5 Å². The van der Waals surface area contributed by atoms with Gasteiger partial charge in [-0.2, -0.15) is 0 Å². The van der Waals surface area contributed by atoms with Gasteiger partial charge in [0.05, 0.1) is 0 Å². The molecule has 0 spiro atoms. The summed E-state index contributed by atoms with van der Waals surface area (Å²) in [6, 6.07) is 0. The van der Waals surface area contributed by atoms with Gasteiger partial charge in [0.2, 0.25) is 0 Å². The van der Waals surface area contributed by atoms with Crippen LogP contribution in [0.2, 0.25) is 0 Å². The van der Waals surface area contributed by atoms with Gasteiger partial charge in [0.15, 0.2) is 0 Å². The van der Waals surface area contributed by atoms with Gasteiger partial charge >= 0.3 is 0 Å². The van der Waals surface area contributed by atoms with Crippen LogP contribution in [0.15, 0.2) is 0 Å². The van der Waals surface area contributed by atoms with Crippen LogP contribution in [-0.4, -0.2) is 63.2 Å². The monoisotopic (exact) mass is 227 g/mol. The van der Waals surface area contributed by atoms with Crippen molar-refractivity contribution >= 4 is 0 Å². The van der Waals surface area contributed by atoms with Crippen LogP contribution in [0, 0.1) is 0 Å². The fourth-order valence-electron chi connectivity index (χ4n) is 2.29. The van der Waals surface area contributed by atoms with E-state index in [2.05, 4.69) is 22.2 Å². The van der Waals surface area contributed by atoms with Crippen LogP contribution in [0.1, 0.15) is 32.1 Å². The summed E-state index contributed by atoms with van der Waals surface area (Å²) in [6.45, 7) is 7.60. The molecular formula is C13H29N3. The Kier molecular flexibility index (Phi) is 7.81. The molecule has 1 heterocycles. The van der Waals surface area contributed by atoms with Gasteiger partial charge in [-0.05, 0) is 66.0 Å². The number of nitrogens with zero attached hydrogens (tertiary/aromatic N) is 2. The average Bonchev–Trinajstić information content (AvgIpc) is 2.79. The summed E-state index contributed by atoms with van der Waals surface area (Å²) in [5, 5.41) is 3.20. The van der Waals surface area contributed by atoms with E-state index < -0.39 is 0 Å². The molecule has 0 bridgehead atoms. The second kappa shape index (κ2) is 8.97. The molecule has 0 amide bonds. The summed E-state index contributed by atoms with van der Waals surface area (Å²) in [5.74, 6) is 0. The van der Waals surface area contributed by atoms with Gasteiger partial charge in [-0.3, -0.25) is 0 Å². The quantitative estimate of drug-likeness (QED) is 0.601. The highest BCUT2D eigenvalue weighted by atomic mass is 15.2. The summed E-state index contributed by atoms with van der Waals surface area (Å²) in [6.07, 6.45) is 6.84. The van der Waals surface area contributed by atoms with Crippen molar-refractivity contribution in [3.8, 4) is 0 Å². The highest BCUT2D eigenvalue weighted by molar-refractivity contribution is 4.67. The SMILES string of the molecule is CNCCCCCN(C)CCN1CCCC1. The first-order chi connectivity index (χ1) is 7.83. The second-order valence-electron chi connectivity index (χ2n) is 5.02. The third-order valence-electron chi connectivity index (χ3n) is 3.46. The summed E-state index contributed by atoms with van der Waals surface area (Å²) < 4.78 is 0. The lowest BCUT2D eigenvalue weighted by Crippen LogP contribution is -2.32. The summed E-state index contributed by atoms with van der Waals surface area (Å²) in [5.41, 5.74) is 0. The molecule has 0 aromatic rings. The maximum absolute atomic E-state index is 3.20. The predicted octanol–water partition coefficient (Wildman–Crippen LogP) is 1.40. The minimum atomic E-state index is 1.16. The second-order valence-corrected chi connectivity index (χ2v) is 5.02. The van der Waals surface area contributed by atoms with E-state index in [0.717, 1.165) is 6.54 Å². The first-order valence-electron chi connectivity index (χ1n) is 6.88. The van der Waals surface area contributed by atoms with Gasteiger partial charge in [0, 0.05) is 13.1 Å². The molecule has 1 fully saturated rings. The smallest absolute Gasteiger partial charge is 0.0109 e. The van der Waals surface area contributed by atoms with E-state index in [1.807, 2.05) is 7.05 Å². The zero-order valence-electron chi connectivity index (χ0n) is 11.2. The molecular weight excluding hydrogens is 198 g/mol. The fraction of sp³-hybridized carbons (Fsp3) is 1.00. The standard InChI is InChI=1S/C13H29N3/c1-14-8-4-3-5-9-15(2)12-13-16-10-6-7-11-16/h14H,3-13H2,1-2H3. The van der Waals surface area contributed by atoms with Gasteiger partial charge < -0.3 is 15.1 Å². The normalized spacial score (nSPS) is 17.4. The molecule has 1 aliphatic rings. The van der Waals surface area contributed by atoms with Crippen molar-refractivity contribution < 1.29 is 0 Å². The van der Waals surface area contributed by atoms with Crippen LogP contribution >= 0.6 is 0 Å². The minimum Gasteiger partial charge on any atom is -0.320 e. The highest BCUT2D eigenvalue weighted by Crippen LogP contribution is 2.06. The van der Waals surface area contributed by atoms with Crippen LogP contribution in [0.5, 0.6) is 0 Å². The lowest BCUT2D eigenvalue weighted by atomic mass is 10.2. The van der Waals surface area contributed by atoms with E-state index in [-0.39, 0.29) is 0 Å². The molecule has 16 heavy (non-hydrogen) atoms. The Morgan fingerprint density at radius 1 is 1.06 bits per heavy atom. The Bertz CT molecular complexity index is 155. The van der Waals surface area contributed by atoms with Gasteiger partial charge in [0.25, 0.3) is 0 Å². The highest BCUT2D eigenvalue weighted by Gasteiger charge is 2.11. The molecule has 0 radical (unpaired) electrons. The maximum Gasteiger partial charge on any atom is 0.0109 e. The lowest BCUT2D eigenvalue weighted by Gasteiger charge is -2.21. The van der Waals surface area contributed by atoms with Crippen LogP contribution in [-0.2, 0) is 0 Å². The Morgan fingerprint density at radius 3 is 2.50 bits per heavy atom. The molecule has 96 valence electrons. The molecule has 1 N–H and O–H groups in total. The molecule has 1 rings (SSSR count). The van der Waals surface area contributed by atoms with Crippen LogP contribution < -0.4 is 5.32 Å². The average molecular weight is 227 g/mol. The van der Waals surface area contributed by atoms with E-state index >= 15 is 0 Å². The maximum atomic E-state index is 3.20. The number of nitrogens with one attached hydrogen (secondary N) is 1. The Morgan fingerprint density at radius 2 is 1.81 bits per heavy atom. The van der Waals surface area contributed by atoms with Gasteiger partial charge in [0.1, 0.15) is 0 Å². The van der Waals surface area contributed by atoms with Gasteiger partial charge in [-0.1, -0.05) is 6.42 Å². The number of likely N-dealkylation sites (tertiary alicyclic amines) is 1. The first kappa shape index (κ1) is 13.9. The predicted molar refractivity (Wildman–Crippen MR) is 70.9 cm³/mol. The minimum absolute atomic E-state index is 1.16. The van der Waals surface area contributed by atoms with Crippen molar-refractivity contribution in [2.75, 3.05) is 53.4 Å². The van der Waals surface area contributed by atoms with Crippen LogP contribution in [0.3, 0.4) is 0 Å². The molecule has 3 heteroatoms. The first-order valence-corrected chi connectivity index (χ1v) is 6.88. The molecule has 0 atom stereocenters. The van der Waals surface area contributed by atoms with E-state index in [1.54, 1.807) is 0 Å². The molecule has 0 aliphatic carbocycles. The van der Waals surface area contributed by atoms with Crippen molar-refractivity contribution in [1.29, 1.82) is 0 Å². The lowest BCUT2D eigenvalue weighted by molar-refractivity contribution is 0.254. The van der Waals surface area contributed by atoms with E-state index in [0.29, 0.717) is 0 Å². The Balaban J connectivity index is 1.87. The largest absolute Gasteiger partial charge is 0.320 e. The third kappa shape index (κ3) is 6.46. The zero-order valence-corrected chi connectivity index (χ0v) is 11.2. The van der Waals surface area contributed by atoms with Crippen LogP contribution in [0.4, 0.5) is 0 Å². The Hall–Kier alpha value is -0.120. The van der Waals surface area contributed by atoms with Crippen molar-refractivity contribution in [3.05, 3.63) is 0 Å². The molecule has 0 aromatic heterocycles. The summed E-state index contributed by atoms with van der Waals surface area (Å²) in [7, 11) is 4.29. The summed E-state index contributed by atoms with van der Waals surface area (Å²) in [4.78, 5) is 5.08. The van der Waals surface area contributed by atoms with Crippen molar-refractivity contribution in [1.82, 2.24) is 15.1 Å². The number of unbranched alkanes of at least 4 members (excludes halogenated alkanes) is 2. The van der Waals surface area contributed by atoms with Crippen molar-refractivity contribution in [3.63, 3.8) is 0 Å². The van der Waals surface area contributed by atoms with Crippen LogP contribution in [0.25, 0.3) is 0 Å². The Labute approximate surface area is 101 Å². The molecule has 3 nitrogen and oxygen atoms in total.